The van der Waals surface area contributed by atoms with Gasteiger partial charge in [0, 0.05) is 6.42 Å². The molecule has 0 aliphatic carbocycles. The largest absolute Gasteiger partial charge is 0.453 e. The average Bonchev–Trinajstić information content (AvgIpc) is 2.30. The number of alkyl halides is 5. The number of hydrogen-bond acceptors (Lipinski definition) is 1. The molecule has 0 saturated carbocycles. The van der Waals surface area contributed by atoms with E-state index in [4.69, 9.17) is 0 Å². The van der Waals surface area contributed by atoms with Crippen LogP contribution in [0, 0.1) is 0 Å². The molecule has 0 atom stereocenters. The fraction of sp³-hybridized carbons (Fsp3) is 1.00. The molecule has 116 valence electrons. The SMILES string of the molecule is FC(F)(F)C(F)(F)CCCCCCCCCCCS. The first-order valence-corrected chi connectivity index (χ1v) is 7.50. The number of unbranched alkanes of at least 4 members (excludes halogenated alkanes) is 8. The minimum atomic E-state index is -5.40. The lowest BCUT2D eigenvalue weighted by molar-refractivity contribution is -0.284. The maximum atomic E-state index is 12.5. The van der Waals surface area contributed by atoms with Crippen molar-refractivity contribution in [2.24, 2.45) is 0 Å². The van der Waals surface area contributed by atoms with E-state index in [0.717, 1.165) is 50.7 Å². The van der Waals surface area contributed by atoms with Crippen molar-refractivity contribution >= 4 is 12.6 Å². The molecule has 19 heavy (non-hydrogen) atoms. The van der Waals surface area contributed by atoms with Gasteiger partial charge in [0.25, 0.3) is 0 Å². The first-order valence-electron chi connectivity index (χ1n) is 6.86. The van der Waals surface area contributed by atoms with Crippen molar-refractivity contribution in [1.29, 1.82) is 0 Å². The van der Waals surface area contributed by atoms with E-state index in [1.54, 1.807) is 0 Å². The molecule has 0 rings (SSSR count). The van der Waals surface area contributed by atoms with Crippen LogP contribution in [-0.4, -0.2) is 17.9 Å². The van der Waals surface area contributed by atoms with Gasteiger partial charge in [0.15, 0.2) is 0 Å². The van der Waals surface area contributed by atoms with Crippen LogP contribution in [0.2, 0.25) is 0 Å². The van der Waals surface area contributed by atoms with Crippen molar-refractivity contribution in [2.75, 3.05) is 5.75 Å². The fourth-order valence-electron chi connectivity index (χ4n) is 1.84. The number of rotatable bonds is 11. The molecule has 0 spiro atoms. The van der Waals surface area contributed by atoms with Crippen molar-refractivity contribution in [3.8, 4) is 0 Å². The Hall–Kier alpha value is -0.0000000000000000555. The number of thiol groups is 1. The molecule has 0 heterocycles. The summed E-state index contributed by atoms with van der Waals surface area (Å²) >= 11 is 4.10. The molecule has 0 amide bonds. The lowest BCUT2D eigenvalue weighted by Crippen LogP contribution is -2.36. The molecule has 6 heteroatoms. The zero-order valence-corrected chi connectivity index (χ0v) is 12.0. The highest BCUT2D eigenvalue weighted by atomic mass is 32.1. The predicted octanol–water partition coefficient (Wildman–Crippen LogP) is 6.01. The van der Waals surface area contributed by atoms with Crippen LogP contribution >= 0.6 is 12.6 Å². The van der Waals surface area contributed by atoms with Gasteiger partial charge in [-0.05, 0) is 18.6 Å². The van der Waals surface area contributed by atoms with Gasteiger partial charge in [0.2, 0.25) is 0 Å². The van der Waals surface area contributed by atoms with E-state index >= 15 is 0 Å². The first kappa shape index (κ1) is 19.0. The van der Waals surface area contributed by atoms with Gasteiger partial charge in [-0.3, -0.25) is 0 Å². The van der Waals surface area contributed by atoms with Gasteiger partial charge in [0.1, 0.15) is 0 Å². The molecule has 0 bridgehead atoms. The van der Waals surface area contributed by atoms with Gasteiger partial charge in [-0.2, -0.15) is 34.6 Å². The minimum Gasteiger partial charge on any atom is -0.196 e. The third kappa shape index (κ3) is 9.52. The highest BCUT2D eigenvalue weighted by molar-refractivity contribution is 7.80. The molecule has 0 aliphatic heterocycles. The Kier molecular flexibility index (Phi) is 9.83. The summed E-state index contributed by atoms with van der Waals surface area (Å²) in [5, 5.41) is 0. The van der Waals surface area contributed by atoms with E-state index in [-0.39, 0.29) is 6.42 Å². The van der Waals surface area contributed by atoms with Gasteiger partial charge in [-0.1, -0.05) is 44.9 Å². The number of hydrogen-bond donors (Lipinski definition) is 1. The summed E-state index contributed by atoms with van der Waals surface area (Å²) in [6.07, 6.45) is 1.09. The van der Waals surface area contributed by atoms with E-state index in [1.165, 1.54) is 0 Å². The predicted molar refractivity (Wildman–Crippen MR) is 71.0 cm³/mol. The minimum absolute atomic E-state index is 0.0633. The zero-order valence-electron chi connectivity index (χ0n) is 11.1. The fourth-order valence-corrected chi connectivity index (χ4v) is 2.06. The second kappa shape index (κ2) is 9.83. The molecule has 0 saturated heterocycles. The Morgan fingerprint density at radius 2 is 0.947 bits per heavy atom. The molecule has 0 unspecified atom stereocenters. The Balaban J connectivity index is 3.37. The van der Waals surface area contributed by atoms with Crippen molar-refractivity contribution in [2.45, 2.75) is 76.3 Å². The quantitative estimate of drug-likeness (QED) is 0.269. The van der Waals surface area contributed by atoms with E-state index in [0.29, 0.717) is 6.42 Å². The van der Waals surface area contributed by atoms with Gasteiger partial charge in [0.05, 0.1) is 0 Å². The molecule has 0 aromatic heterocycles. The summed E-state index contributed by atoms with van der Waals surface area (Å²) in [6, 6.07) is 0. The highest BCUT2D eigenvalue weighted by Crippen LogP contribution is 2.39. The monoisotopic (exact) mass is 306 g/mol. The second-order valence-corrected chi connectivity index (χ2v) is 5.31. The maximum absolute atomic E-state index is 12.5. The van der Waals surface area contributed by atoms with E-state index in [1.807, 2.05) is 0 Å². The molecule has 0 aromatic carbocycles. The topological polar surface area (TPSA) is 0 Å². The third-order valence-corrected chi connectivity index (χ3v) is 3.38. The maximum Gasteiger partial charge on any atom is 0.453 e. The molecule has 0 nitrogen and oxygen atoms in total. The summed E-state index contributed by atoms with van der Waals surface area (Å²) < 4.78 is 60.7. The van der Waals surface area contributed by atoms with E-state index in [9.17, 15) is 22.0 Å². The van der Waals surface area contributed by atoms with Crippen molar-refractivity contribution in [1.82, 2.24) is 0 Å². The van der Waals surface area contributed by atoms with Crippen LogP contribution in [0.15, 0.2) is 0 Å². The smallest absolute Gasteiger partial charge is 0.196 e. The van der Waals surface area contributed by atoms with Gasteiger partial charge in [-0.15, -0.1) is 0 Å². The molecule has 0 fully saturated rings. The molecular weight excluding hydrogens is 283 g/mol. The molecule has 0 N–H and O–H groups in total. The Morgan fingerprint density at radius 1 is 0.579 bits per heavy atom. The van der Waals surface area contributed by atoms with Crippen molar-refractivity contribution < 1.29 is 22.0 Å². The molecule has 0 aromatic rings. The molecule has 0 aliphatic rings. The summed E-state index contributed by atoms with van der Waals surface area (Å²) in [5.74, 6) is -3.63. The standard InChI is InChI=1S/C13H23F5S/c14-12(15,13(16,17)18)10-8-6-4-2-1-3-5-7-9-11-19/h19H,1-11H2. The van der Waals surface area contributed by atoms with Crippen LogP contribution in [0.1, 0.15) is 64.2 Å². The van der Waals surface area contributed by atoms with Crippen LogP contribution in [0.3, 0.4) is 0 Å². The van der Waals surface area contributed by atoms with Crippen LogP contribution in [0.4, 0.5) is 22.0 Å². The Morgan fingerprint density at radius 3 is 1.32 bits per heavy atom. The number of halogens is 5. The lowest BCUT2D eigenvalue weighted by atomic mass is 10.0. The Labute approximate surface area is 117 Å². The zero-order chi connectivity index (χ0) is 14.8. The van der Waals surface area contributed by atoms with Crippen LogP contribution < -0.4 is 0 Å². The molecule has 0 radical (unpaired) electrons. The van der Waals surface area contributed by atoms with Crippen molar-refractivity contribution in [3.05, 3.63) is 0 Å². The van der Waals surface area contributed by atoms with Crippen LogP contribution in [0.25, 0.3) is 0 Å². The van der Waals surface area contributed by atoms with Crippen LogP contribution in [0.5, 0.6) is 0 Å². The molecular formula is C13H23F5S. The van der Waals surface area contributed by atoms with Crippen LogP contribution in [-0.2, 0) is 0 Å². The normalized spacial score (nSPS) is 12.9. The summed E-state index contributed by atoms with van der Waals surface area (Å²) in [4.78, 5) is 0. The highest BCUT2D eigenvalue weighted by Gasteiger charge is 2.56. The van der Waals surface area contributed by atoms with E-state index in [2.05, 4.69) is 12.6 Å². The van der Waals surface area contributed by atoms with Gasteiger partial charge >= 0.3 is 12.1 Å². The summed E-state index contributed by atoms with van der Waals surface area (Å²) in [5.41, 5.74) is 0. The van der Waals surface area contributed by atoms with E-state index < -0.39 is 18.5 Å². The summed E-state index contributed by atoms with van der Waals surface area (Å²) in [6.45, 7) is 0. The lowest BCUT2D eigenvalue weighted by Gasteiger charge is -2.19. The first-order chi connectivity index (χ1) is 8.81. The van der Waals surface area contributed by atoms with Crippen molar-refractivity contribution in [3.63, 3.8) is 0 Å². The van der Waals surface area contributed by atoms with Gasteiger partial charge < -0.3 is 0 Å². The average molecular weight is 306 g/mol. The Bertz CT molecular complexity index is 216. The van der Waals surface area contributed by atoms with Gasteiger partial charge in [-0.25, -0.2) is 0 Å². The summed E-state index contributed by atoms with van der Waals surface area (Å²) in [7, 11) is 0. The second-order valence-electron chi connectivity index (χ2n) is 4.86. The third-order valence-electron chi connectivity index (χ3n) is 3.06.